The Morgan fingerprint density at radius 1 is 0.792 bits per heavy atom. The summed E-state index contributed by atoms with van der Waals surface area (Å²) in [6, 6.07) is 15.4. The highest BCUT2D eigenvalue weighted by Crippen LogP contribution is 2.28. The van der Waals surface area contributed by atoms with Gasteiger partial charge < -0.3 is 0 Å². The molecule has 0 atom stereocenters. The van der Waals surface area contributed by atoms with Crippen LogP contribution in [0.2, 0.25) is 10.0 Å². The summed E-state index contributed by atoms with van der Waals surface area (Å²) >= 11 is 12.0. The van der Waals surface area contributed by atoms with Crippen LogP contribution in [0.3, 0.4) is 0 Å². The molecule has 1 aromatic heterocycles. The minimum absolute atomic E-state index is 0.706. The molecule has 2 aromatic carbocycles. The molecule has 0 aliphatic heterocycles. The predicted octanol–water partition coefficient (Wildman–Crippen LogP) is 6.38. The predicted molar refractivity (Wildman–Crippen MR) is 102 cm³/mol. The molecule has 0 saturated carbocycles. The van der Waals surface area contributed by atoms with Crippen molar-refractivity contribution in [2.24, 2.45) is 0 Å². The van der Waals surface area contributed by atoms with E-state index in [1.165, 1.54) is 0 Å². The highest BCUT2D eigenvalue weighted by atomic mass is 35.5. The van der Waals surface area contributed by atoms with Gasteiger partial charge in [0.25, 0.3) is 0 Å². The molecule has 3 aromatic rings. The van der Waals surface area contributed by atoms with Gasteiger partial charge in [0.1, 0.15) is 0 Å². The monoisotopic (exact) mass is 356 g/mol. The Kier molecular flexibility index (Phi) is 5.17. The molecular weight excluding hydrogens is 339 g/mol. The van der Waals surface area contributed by atoms with Crippen LogP contribution in [0.25, 0.3) is 22.6 Å². The van der Waals surface area contributed by atoms with Crippen LogP contribution in [0.15, 0.2) is 48.5 Å². The number of hydrogen-bond donors (Lipinski definition) is 0. The molecule has 0 aliphatic rings. The number of benzene rings is 2. The number of aryl methyl sites for hydroxylation is 1. The van der Waals surface area contributed by atoms with Crippen LogP contribution in [0.1, 0.15) is 24.6 Å². The van der Waals surface area contributed by atoms with Crippen LogP contribution < -0.4 is 0 Å². The van der Waals surface area contributed by atoms with Gasteiger partial charge in [0.2, 0.25) is 0 Å². The first kappa shape index (κ1) is 16.9. The van der Waals surface area contributed by atoms with Crippen molar-refractivity contribution in [1.29, 1.82) is 0 Å². The van der Waals surface area contributed by atoms with Crippen molar-refractivity contribution < 1.29 is 0 Å². The van der Waals surface area contributed by atoms with Crippen LogP contribution in [-0.2, 0) is 6.42 Å². The first-order chi connectivity index (χ1) is 11.6. The van der Waals surface area contributed by atoms with E-state index in [0.29, 0.717) is 5.02 Å². The van der Waals surface area contributed by atoms with Crippen molar-refractivity contribution in [2.45, 2.75) is 26.7 Å². The molecule has 1 heterocycles. The summed E-state index contributed by atoms with van der Waals surface area (Å²) in [7, 11) is 0. The fourth-order valence-electron chi connectivity index (χ4n) is 2.66. The first-order valence-electron chi connectivity index (χ1n) is 7.98. The zero-order valence-corrected chi connectivity index (χ0v) is 15.2. The molecule has 122 valence electrons. The standard InChI is InChI=1S/C20H18Cl2N2/c1-3-4-18-13(2)19(14-5-9-16(21)10-6-14)24-20(23-18)15-7-11-17(22)12-8-15/h5-12H,3-4H2,1-2H3. The summed E-state index contributed by atoms with van der Waals surface area (Å²) in [5, 5.41) is 1.43. The molecule has 0 unspecified atom stereocenters. The van der Waals surface area contributed by atoms with Crippen molar-refractivity contribution in [3.8, 4) is 22.6 Å². The zero-order chi connectivity index (χ0) is 17.1. The third-order valence-electron chi connectivity index (χ3n) is 3.95. The molecule has 0 bridgehead atoms. The lowest BCUT2D eigenvalue weighted by atomic mass is 10.0. The third kappa shape index (κ3) is 3.61. The number of halogens is 2. The molecule has 0 radical (unpaired) electrons. The first-order valence-corrected chi connectivity index (χ1v) is 8.73. The lowest BCUT2D eigenvalue weighted by molar-refractivity contribution is 0.864. The minimum atomic E-state index is 0.706. The average Bonchev–Trinajstić information content (AvgIpc) is 2.58. The lowest BCUT2D eigenvalue weighted by Gasteiger charge is -2.13. The fraction of sp³-hybridized carbons (Fsp3) is 0.200. The Labute approximate surface area is 152 Å². The normalized spacial score (nSPS) is 10.8. The van der Waals surface area contributed by atoms with Gasteiger partial charge in [-0.2, -0.15) is 0 Å². The molecule has 24 heavy (non-hydrogen) atoms. The number of rotatable bonds is 4. The van der Waals surface area contributed by atoms with E-state index in [2.05, 4.69) is 13.8 Å². The van der Waals surface area contributed by atoms with Gasteiger partial charge >= 0.3 is 0 Å². The lowest BCUT2D eigenvalue weighted by Crippen LogP contribution is -2.03. The molecule has 0 saturated heterocycles. The van der Waals surface area contributed by atoms with Crippen LogP contribution in [0.4, 0.5) is 0 Å². The summed E-state index contributed by atoms with van der Waals surface area (Å²) in [5.41, 5.74) is 5.17. The summed E-state index contributed by atoms with van der Waals surface area (Å²) in [5.74, 6) is 0.727. The smallest absolute Gasteiger partial charge is 0.160 e. The summed E-state index contributed by atoms with van der Waals surface area (Å²) < 4.78 is 0. The van der Waals surface area contributed by atoms with E-state index < -0.39 is 0 Å². The summed E-state index contributed by atoms with van der Waals surface area (Å²) in [6.45, 7) is 4.24. The van der Waals surface area contributed by atoms with Crippen molar-refractivity contribution >= 4 is 23.2 Å². The number of nitrogens with zero attached hydrogens (tertiary/aromatic N) is 2. The molecule has 4 heteroatoms. The van der Waals surface area contributed by atoms with Crippen molar-refractivity contribution in [3.05, 3.63) is 69.8 Å². The zero-order valence-electron chi connectivity index (χ0n) is 13.7. The van der Waals surface area contributed by atoms with E-state index in [0.717, 1.165) is 51.8 Å². The highest BCUT2D eigenvalue weighted by Gasteiger charge is 2.13. The maximum atomic E-state index is 6.02. The maximum absolute atomic E-state index is 6.02. The van der Waals surface area contributed by atoms with E-state index >= 15 is 0 Å². The Morgan fingerprint density at radius 3 is 1.88 bits per heavy atom. The Bertz CT molecular complexity index is 841. The molecule has 3 rings (SSSR count). The van der Waals surface area contributed by atoms with Crippen molar-refractivity contribution in [3.63, 3.8) is 0 Å². The van der Waals surface area contributed by atoms with E-state index in [1.807, 2.05) is 48.5 Å². The molecule has 0 spiro atoms. The van der Waals surface area contributed by atoms with Crippen LogP contribution in [-0.4, -0.2) is 9.97 Å². The molecular formula is C20H18Cl2N2. The molecule has 0 N–H and O–H groups in total. The second-order valence-electron chi connectivity index (χ2n) is 5.73. The quantitative estimate of drug-likeness (QED) is 0.541. The number of hydrogen-bond acceptors (Lipinski definition) is 2. The van der Waals surface area contributed by atoms with Gasteiger partial charge in [0, 0.05) is 26.9 Å². The summed E-state index contributed by atoms with van der Waals surface area (Å²) in [6.07, 6.45) is 1.97. The van der Waals surface area contributed by atoms with Crippen LogP contribution >= 0.6 is 23.2 Å². The Hall–Kier alpha value is -1.90. The van der Waals surface area contributed by atoms with Gasteiger partial charge in [0.05, 0.1) is 5.69 Å². The van der Waals surface area contributed by atoms with E-state index in [1.54, 1.807) is 0 Å². The molecule has 2 nitrogen and oxygen atoms in total. The fourth-order valence-corrected chi connectivity index (χ4v) is 2.91. The van der Waals surface area contributed by atoms with Crippen LogP contribution in [0.5, 0.6) is 0 Å². The van der Waals surface area contributed by atoms with E-state index in [4.69, 9.17) is 33.2 Å². The van der Waals surface area contributed by atoms with Gasteiger partial charge in [-0.3, -0.25) is 0 Å². The minimum Gasteiger partial charge on any atom is -0.233 e. The van der Waals surface area contributed by atoms with Gasteiger partial charge in [-0.25, -0.2) is 9.97 Å². The van der Waals surface area contributed by atoms with Gasteiger partial charge in [-0.05, 0) is 55.3 Å². The third-order valence-corrected chi connectivity index (χ3v) is 4.46. The van der Waals surface area contributed by atoms with E-state index in [9.17, 15) is 0 Å². The van der Waals surface area contributed by atoms with Crippen molar-refractivity contribution in [2.75, 3.05) is 0 Å². The molecule has 0 aliphatic carbocycles. The highest BCUT2D eigenvalue weighted by molar-refractivity contribution is 6.30. The molecule has 0 fully saturated rings. The Morgan fingerprint density at radius 2 is 1.33 bits per heavy atom. The van der Waals surface area contributed by atoms with Gasteiger partial charge in [-0.15, -0.1) is 0 Å². The average molecular weight is 357 g/mol. The second kappa shape index (κ2) is 7.33. The maximum Gasteiger partial charge on any atom is 0.160 e. The topological polar surface area (TPSA) is 25.8 Å². The van der Waals surface area contributed by atoms with Gasteiger partial charge in [0.15, 0.2) is 5.82 Å². The Balaban J connectivity index is 2.16. The summed E-state index contributed by atoms with van der Waals surface area (Å²) in [4.78, 5) is 9.60. The van der Waals surface area contributed by atoms with Gasteiger partial charge in [-0.1, -0.05) is 48.7 Å². The SMILES string of the molecule is CCCc1nc(-c2ccc(Cl)cc2)nc(-c2ccc(Cl)cc2)c1C. The molecule has 0 amide bonds. The largest absolute Gasteiger partial charge is 0.233 e. The number of aromatic nitrogens is 2. The van der Waals surface area contributed by atoms with Crippen molar-refractivity contribution in [1.82, 2.24) is 9.97 Å². The van der Waals surface area contributed by atoms with E-state index in [-0.39, 0.29) is 0 Å². The second-order valence-corrected chi connectivity index (χ2v) is 6.60. The van der Waals surface area contributed by atoms with Crippen LogP contribution in [0, 0.1) is 6.92 Å².